The first-order valence-electron chi connectivity index (χ1n) is 7.82. The predicted octanol–water partition coefficient (Wildman–Crippen LogP) is 3.48. The molecule has 0 bridgehead atoms. The molecular weight excluding hydrogens is 390 g/mol. The number of benzene rings is 2. The van der Waals surface area contributed by atoms with Gasteiger partial charge in [-0.05, 0) is 30.3 Å². The lowest BCUT2D eigenvalue weighted by atomic mass is 10.2. The van der Waals surface area contributed by atoms with E-state index in [0.717, 1.165) is 0 Å². The van der Waals surface area contributed by atoms with Gasteiger partial charge in [-0.15, -0.1) is 10.2 Å². The van der Waals surface area contributed by atoms with Crippen molar-refractivity contribution in [2.45, 2.75) is 0 Å². The number of nitrogens with zero attached hydrogens (tertiary/aromatic N) is 3. The minimum absolute atomic E-state index is 0.115. The summed E-state index contributed by atoms with van der Waals surface area (Å²) in [6.45, 7) is -0.422. The number of aromatic amines is 1. The topological polar surface area (TPSA) is 150 Å². The summed E-state index contributed by atoms with van der Waals surface area (Å²) in [6, 6.07) is 9.94. The molecule has 142 valence electrons. The second-order valence-electron chi connectivity index (χ2n) is 5.59. The number of carbonyl (C=O) groups excluding carboxylic acids is 2. The molecule has 0 fully saturated rings. The van der Waals surface area contributed by atoms with Gasteiger partial charge in [0.1, 0.15) is 6.54 Å². The van der Waals surface area contributed by atoms with Gasteiger partial charge in [-0.1, -0.05) is 11.6 Å². The minimum Gasteiger partial charge on any atom is -0.493 e. The van der Waals surface area contributed by atoms with Crippen LogP contribution in [-0.2, 0) is 4.79 Å². The van der Waals surface area contributed by atoms with Crippen LogP contribution in [0.4, 0.5) is 11.4 Å². The van der Waals surface area contributed by atoms with Crippen molar-refractivity contribution < 1.29 is 19.6 Å². The lowest BCUT2D eigenvalue weighted by molar-refractivity contribution is -0.384. The van der Waals surface area contributed by atoms with E-state index in [-0.39, 0.29) is 16.8 Å². The van der Waals surface area contributed by atoms with Crippen LogP contribution in [-0.4, -0.2) is 33.4 Å². The summed E-state index contributed by atoms with van der Waals surface area (Å²) in [5.74, 6) is -1.66. The number of nitro groups is 1. The number of fused-ring (bicyclic) bond motifs is 1. The normalized spacial score (nSPS) is 11.0. The molecule has 0 aliphatic rings. The Morgan fingerprint density at radius 1 is 1.21 bits per heavy atom. The summed E-state index contributed by atoms with van der Waals surface area (Å²) < 4.78 is 0. The molecule has 3 N–H and O–H groups in total. The Kier molecular flexibility index (Phi) is 5.32. The maximum Gasteiger partial charge on any atom is 0.283 e. The van der Waals surface area contributed by atoms with Crippen molar-refractivity contribution in [3.8, 4) is 5.88 Å². The van der Waals surface area contributed by atoms with E-state index in [9.17, 15) is 24.8 Å². The minimum atomic E-state index is -0.776. The number of rotatable bonds is 5. The van der Waals surface area contributed by atoms with Gasteiger partial charge in [0, 0.05) is 28.1 Å². The van der Waals surface area contributed by atoms with E-state index < -0.39 is 29.2 Å². The highest BCUT2D eigenvalue weighted by Gasteiger charge is 2.15. The van der Waals surface area contributed by atoms with E-state index in [1.807, 2.05) is 0 Å². The van der Waals surface area contributed by atoms with E-state index in [1.54, 1.807) is 0 Å². The van der Waals surface area contributed by atoms with Gasteiger partial charge < -0.3 is 15.4 Å². The number of carbonyl (C=O) groups is 2. The third kappa shape index (κ3) is 4.13. The van der Waals surface area contributed by atoms with Gasteiger partial charge in [-0.3, -0.25) is 19.7 Å². The Morgan fingerprint density at radius 2 is 1.93 bits per heavy atom. The summed E-state index contributed by atoms with van der Waals surface area (Å²) >= 11 is 5.74. The quantitative estimate of drug-likeness (QED) is 0.339. The van der Waals surface area contributed by atoms with Crippen LogP contribution in [0.25, 0.3) is 10.9 Å². The third-order valence-electron chi connectivity index (χ3n) is 3.71. The van der Waals surface area contributed by atoms with Gasteiger partial charge in [0.25, 0.3) is 17.5 Å². The largest absolute Gasteiger partial charge is 0.493 e. The second kappa shape index (κ2) is 7.84. The molecule has 3 aromatic rings. The van der Waals surface area contributed by atoms with Crippen molar-refractivity contribution in [3.05, 3.63) is 63.2 Å². The molecule has 0 atom stereocenters. The number of aromatic hydroxyl groups is 1. The first-order chi connectivity index (χ1) is 13.3. The Balaban J connectivity index is 1.71. The van der Waals surface area contributed by atoms with Crippen LogP contribution >= 0.6 is 11.6 Å². The van der Waals surface area contributed by atoms with Crippen LogP contribution in [0.5, 0.6) is 5.88 Å². The highest BCUT2D eigenvalue weighted by Crippen LogP contribution is 2.37. The second-order valence-corrected chi connectivity index (χ2v) is 6.03. The molecule has 0 aliphatic heterocycles. The lowest BCUT2D eigenvalue weighted by Gasteiger charge is -2.02. The molecule has 0 radical (unpaired) electrons. The molecule has 0 saturated carbocycles. The first-order valence-corrected chi connectivity index (χ1v) is 8.20. The fraction of sp³-hybridized carbons (Fsp3) is 0.0588. The molecule has 0 saturated heterocycles. The molecule has 0 aliphatic carbocycles. The molecule has 11 heteroatoms. The Morgan fingerprint density at radius 3 is 2.61 bits per heavy atom. The van der Waals surface area contributed by atoms with E-state index >= 15 is 0 Å². The first kappa shape index (κ1) is 19.0. The molecule has 1 heterocycles. The Bertz CT molecular complexity index is 1110. The molecule has 0 spiro atoms. The summed E-state index contributed by atoms with van der Waals surface area (Å²) in [6.07, 6.45) is 0. The third-order valence-corrected chi connectivity index (χ3v) is 3.97. The standard InChI is InChI=1S/C17H12ClN5O5/c18-10-3-1-9(2-4-10)16(25)19-8-14(24)21-22-15-12-7-11(23(27)28)5-6-13(12)20-17(15)26/h1-7,20,26H,8H2,(H,19,25). The predicted molar refractivity (Wildman–Crippen MR) is 99.9 cm³/mol. The fourth-order valence-corrected chi connectivity index (χ4v) is 2.49. The summed E-state index contributed by atoms with van der Waals surface area (Å²) in [5.41, 5.74) is 0.386. The van der Waals surface area contributed by atoms with Gasteiger partial charge in [-0.25, -0.2) is 0 Å². The zero-order valence-electron chi connectivity index (χ0n) is 14.0. The molecule has 1 aromatic heterocycles. The van der Waals surface area contributed by atoms with Crippen molar-refractivity contribution in [3.63, 3.8) is 0 Å². The molecule has 2 amide bonds. The molecule has 28 heavy (non-hydrogen) atoms. The van der Waals surface area contributed by atoms with Crippen LogP contribution in [0.2, 0.25) is 5.02 Å². The smallest absolute Gasteiger partial charge is 0.283 e. The van der Waals surface area contributed by atoms with Crippen molar-refractivity contribution >= 4 is 45.7 Å². The average Bonchev–Trinajstić information content (AvgIpc) is 2.99. The van der Waals surface area contributed by atoms with Gasteiger partial charge in [-0.2, -0.15) is 0 Å². The molecule has 10 nitrogen and oxygen atoms in total. The van der Waals surface area contributed by atoms with Crippen molar-refractivity contribution in [1.29, 1.82) is 0 Å². The number of azo groups is 1. The van der Waals surface area contributed by atoms with Crippen LogP contribution in [0.15, 0.2) is 52.7 Å². The van der Waals surface area contributed by atoms with Crippen LogP contribution < -0.4 is 5.32 Å². The number of nitrogens with one attached hydrogen (secondary N) is 2. The van der Waals surface area contributed by atoms with Crippen molar-refractivity contribution in [2.24, 2.45) is 10.2 Å². The average molecular weight is 402 g/mol. The summed E-state index contributed by atoms with van der Waals surface area (Å²) in [4.78, 5) is 36.7. The highest BCUT2D eigenvalue weighted by molar-refractivity contribution is 6.30. The van der Waals surface area contributed by atoms with E-state index in [0.29, 0.717) is 16.1 Å². The van der Waals surface area contributed by atoms with Crippen molar-refractivity contribution in [1.82, 2.24) is 10.3 Å². The maximum absolute atomic E-state index is 11.9. The number of nitro benzene ring substituents is 1. The molecular formula is C17H12ClN5O5. The number of H-pyrrole nitrogens is 1. The van der Waals surface area contributed by atoms with Gasteiger partial charge in [0.2, 0.25) is 5.88 Å². The Labute approximate surface area is 162 Å². The molecule has 2 aromatic carbocycles. The summed E-state index contributed by atoms with van der Waals surface area (Å²) in [7, 11) is 0. The number of halogens is 1. The zero-order valence-corrected chi connectivity index (χ0v) is 14.8. The number of hydrogen-bond acceptors (Lipinski definition) is 6. The van der Waals surface area contributed by atoms with Crippen molar-refractivity contribution in [2.75, 3.05) is 6.54 Å². The SMILES string of the molecule is O=C(CNC(=O)c1ccc(Cl)cc1)N=Nc1c(O)[nH]c2ccc([N+](=O)[O-])cc12. The zero-order chi connectivity index (χ0) is 20.3. The Hall–Kier alpha value is -3.79. The van der Waals surface area contributed by atoms with Gasteiger partial charge >= 0.3 is 0 Å². The van der Waals surface area contributed by atoms with Gasteiger partial charge in [0.15, 0.2) is 5.69 Å². The maximum atomic E-state index is 11.9. The van der Waals surface area contributed by atoms with Crippen LogP contribution in [0.3, 0.4) is 0 Å². The number of amides is 2. The number of aromatic nitrogens is 1. The number of non-ortho nitro benzene ring substituents is 1. The monoisotopic (exact) mass is 401 g/mol. The molecule has 3 rings (SSSR count). The van der Waals surface area contributed by atoms with E-state index in [2.05, 4.69) is 20.5 Å². The number of hydrogen-bond donors (Lipinski definition) is 3. The van der Waals surface area contributed by atoms with Crippen LogP contribution in [0.1, 0.15) is 10.4 Å². The molecule has 0 unspecified atom stereocenters. The highest BCUT2D eigenvalue weighted by atomic mass is 35.5. The lowest BCUT2D eigenvalue weighted by Crippen LogP contribution is -2.28. The fourth-order valence-electron chi connectivity index (χ4n) is 2.37. The van der Waals surface area contributed by atoms with E-state index in [4.69, 9.17) is 11.6 Å². The van der Waals surface area contributed by atoms with Crippen LogP contribution in [0, 0.1) is 10.1 Å². The summed E-state index contributed by atoms with van der Waals surface area (Å²) in [5, 5.41) is 31.0. The van der Waals surface area contributed by atoms with Gasteiger partial charge in [0.05, 0.1) is 10.4 Å². The van der Waals surface area contributed by atoms with E-state index in [1.165, 1.54) is 42.5 Å².